The van der Waals surface area contributed by atoms with Crippen LogP contribution in [0.5, 0.6) is 0 Å². The standard InChI is InChI=1S/C13H24N2O/c1-8-6-7-12(9(8)2)15-13(16)10-4-3-5-11(10)14/h8-12H,3-7,14H2,1-2H3,(H,15,16). The van der Waals surface area contributed by atoms with Gasteiger partial charge < -0.3 is 11.1 Å². The summed E-state index contributed by atoms with van der Waals surface area (Å²) in [5.41, 5.74) is 5.96. The first-order valence-corrected chi connectivity index (χ1v) is 6.65. The van der Waals surface area contributed by atoms with E-state index in [4.69, 9.17) is 5.73 Å². The van der Waals surface area contributed by atoms with Gasteiger partial charge in [0.05, 0.1) is 5.92 Å². The molecule has 3 nitrogen and oxygen atoms in total. The molecule has 0 aromatic rings. The number of nitrogens with two attached hydrogens (primary N) is 1. The lowest BCUT2D eigenvalue weighted by atomic mass is 9.96. The summed E-state index contributed by atoms with van der Waals surface area (Å²) in [4.78, 5) is 12.1. The number of hydrogen-bond donors (Lipinski definition) is 2. The molecule has 0 aromatic heterocycles. The zero-order valence-corrected chi connectivity index (χ0v) is 10.4. The third kappa shape index (κ3) is 2.24. The summed E-state index contributed by atoms with van der Waals surface area (Å²) in [7, 11) is 0. The highest BCUT2D eigenvalue weighted by molar-refractivity contribution is 5.80. The van der Waals surface area contributed by atoms with E-state index in [1.54, 1.807) is 0 Å². The summed E-state index contributed by atoms with van der Waals surface area (Å²) in [6.45, 7) is 4.52. The quantitative estimate of drug-likeness (QED) is 0.749. The first kappa shape index (κ1) is 11.9. The number of carbonyl (C=O) groups is 1. The number of carbonyl (C=O) groups excluding carboxylic acids is 1. The van der Waals surface area contributed by atoms with Crippen LogP contribution in [0.15, 0.2) is 0 Å². The van der Waals surface area contributed by atoms with Gasteiger partial charge in [-0.25, -0.2) is 0 Å². The van der Waals surface area contributed by atoms with Crippen LogP contribution < -0.4 is 11.1 Å². The minimum Gasteiger partial charge on any atom is -0.353 e. The lowest BCUT2D eigenvalue weighted by molar-refractivity contribution is -0.126. The van der Waals surface area contributed by atoms with Crippen molar-refractivity contribution in [3.05, 3.63) is 0 Å². The lowest BCUT2D eigenvalue weighted by Crippen LogP contribution is -2.44. The van der Waals surface area contributed by atoms with Crippen LogP contribution in [-0.4, -0.2) is 18.0 Å². The average molecular weight is 224 g/mol. The molecule has 92 valence electrons. The summed E-state index contributed by atoms with van der Waals surface area (Å²) in [5.74, 6) is 1.63. The van der Waals surface area contributed by atoms with Crippen molar-refractivity contribution < 1.29 is 4.79 Å². The smallest absolute Gasteiger partial charge is 0.224 e. The summed E-state index contributed by atoms with van der Waals surface area (Å²) >= 11 is 0. The van der Waals surface area contributed by atoms with Gasteiger partial charge in [-0.1, -0.05) is 20.3 Å². The van der Waals surface area contributed by atoms with E-state index in [-0.39, 0.29) is 17.9 Å². The number of rotatable bonds is 2. The van der Waals surface area contributed by atoms with Crippen molar-refractivity contribution in [2.75, 3.05) is 0 Å². The molecule has 0 saturated heterocycles. The van der Waals surface area contributed by atoms with Crippen LogP contribution in [0, 0.1) is 17.8 Å². The van der Waals surface area contributed by atoms with Crippen LogP contribution in [0.25, 0.3) is 0 Å². The molecule has 2 aliphatic carbocycles. The number of nitrogens with one attached hydrogen (secondary N) is 1. The molecule has 2 rings (SSSR count). The van der Waals surface area contributed by atoms with Crippen LogP contribution in [0.3, 0.4) is 0 Å². The molecule has 5 atom stereocenters. The number of hydrogen-bond acceptors (Lipinski definition) is 2. The third-order valence-electron chi connectivity index (χ3n) is 4.70. The van der Waals surface area contributed by atoms with Crippen LogP contribution in [0.2, 0.25) is 0 Å². The van der Waals surface area contributed by atoms with Gasteiger partial charge in [0.15, 0.2) is 0 Å². The molecule has 0 bridgehead atoms. The fraction of sp³-hybridized carbons (Fsp3) is 0.923. The Morgan fingerprint density at radius 2 is 1.94 bits per heavy atom. The van der Waals surface area contributed by atoms with Crippen LogP contribution in [0.1, 0.15) is 46.0 Å². The van der Waals surface area contributed by atoms with Gasteiger partial charge in [-0.05, 0) is 37.5 Å². The van der Waals surface area contributed by atoms with Gasteiger partial charge in [-0.15, -0.1) is 0 Å². The average Bonchev–Trinajstić information content (AvgIpc) is 2.79. The maximum absolute atomic E-state index is 12.1. The van der Waals surface area contributed by atoms with Gasteiger partial charge in [0, 0.05) is 12.1 Å². The van der Waals surface area contributed by atoms with Crippen LogP contribution in [0.4, 0.5) is 0 Å². The van der Waals surface area contributed by atoms with Crippen molar-refractivity contribution in [1.29, 1.82) is 0 Å². The Kier molecular flexibility index (Phi) is 3.53. The molecule has 0 aromatic carbocycles. The highest BCUT2D eigenvalue weighted by Crippen LogP contribution is 2.32. The van der Waals surface area contributed by atoms with Gasteiger partial charge in [0.2, 0.25) is 5.91 Å². The lowest BCUT2D eigenvalue weighted by Gasteiger charge is -2.23. The molecule has 3 heteroatoms. The van der Waals surface area contributed by atoms with Crippen molar-refractivity contribution in [2.45, 2.75) is 58.0 Å². The molecule has 1 amide bonds. The van der Waals surface area contributed by atoms with E-state index in [2.05, 4.69) is 19.2 Å². The van der Waals surface area contributed by atoms with Gasteiger partial charge >= 0.3 is 0 Å². The second-order valence-electron chi connectivity index (χ2n) is 5.73. The maximum atomic E-state index is 12.1. The van der Waals surface area contributed by atoms with Crippen LogP contribution in [-0.2, 0) is 4.79 Å². The zero-order valence-electron chi connectivity index (χ0n) is 10.4. The van der Waals surface area contributed by atoms with Crippen molar-refractivity contribution >= 4 is 5.91 Å². The Hall–Kier alpha value is -0.570. The Bertz CT molecular complexity index is 267. The minimum absolute atomic E-state index is 0.0723. The Balaban J connectivity index is 1.87. The molecule has 2 saturated carbocycles. The van der Waals surface area contributed by atoms with Gasteiger partial charge in [-0.2, -0.15) is 0 Å². The molecule has 2 fully saturated rings. The molecule has 0 heterocycles. The molecule has 3 N–H and O–H groups in total. The Morgan fingerprint density at radius 1 is 1.19 bits per heavy atom. The van der Waals surface area contributed by atoms with E-state index in [1.807, 2.05) is 0 Å². The van der Waals surface area contributed by atoms with E-state index in [0.29, 0.717) is 12.0 Å². The minimum atomic E-state index is 0.0723. The topological polar surface area (TPSA) is 55.1 Å². The van der Waals surface area contributed by atoms with E-state index in [1.165, 1.54) is 6.42 Å². The predicted octanol–water partition coefficient (Wildman–Crippen LogP) is 1.66. The highest BCUT2D eigenvalue weighted by atomic mass is 16.2. The molecule has 16 heavy (non-hydrogen) atoms. The molecule has 0 aliphatic heterocycles. The van der Waals surface area contributed by atoms with E-state index < -0.39 is 0 Å². The van der Waals surface area contributed by atoms with E-state index >= 15 is 0 Å². The highest BCUT2D eigenvalue weighted by Gasteiger charge is 2.35. The first-order valence-electron chi connectivity index (χ1n) is 6.65. The molecule has 2 aliphatic rings. The SMILES string of the molecule is CC1CCC(NC(=O)C2CCCC2N)C1C. The first-order chi connectivity index (χ1) is 7.59. The fourth-order valence-electron chi connectivity index (χ4n) is 3.17. The van der Waals surface area contributed by atoms with Gasteiger partial charge in [-0.3, -0.25) is 4.79 Å². The monoisotopic (exact) mass is 224 g/mol. The third-order valence-corrected chi connectivity index (χ3v) is 4.70. The van der Waals surface area contributed by atoms with Crippen molar-refractivity contribution in [2.24, 2.45) is 23.5 Å². The summed E-state index contributed by atoms with van der Waals surface area (Å²) < 4.78 is 0. The van der Waals surface area contributed by atoms with Gasteiger partial charge in [0.1, 0.15) is 0 Å². The summed E-state index contributed by atoms with van der Waals surface area (Å²) in [5, 5.41) is 3.21. The van der Waals surface area contributed by atoms with Gasteiger partial charge in [0.25, 0.3) is 0 Å². The van der Waals surface area contributed by atoms with Crippen molar-refractivity contribution in [1.82, 2.24) is 5.32 Å². The zero-order chi connectivity index (χ0) is 11.7. The summed E-state index contributed by atoms with van der Waals surface area (Å²) in [6, 6.07) is 0.476. The molecule has 0 radical (unpaired) electrons. The Morgan fingerprint density at radius 3 is 2.44 bits per heavy atom. The van der Waals surface area contributed by atoms with E-state index in [9.17, 15) is 4.79 Å². The van der Waals surface area contributed by atoms with E-state index in [0.717, 1.165) is 31.6 Å². The molecular formula is C13H24N2O. The second-order valence-corrected chi connectivity index (χ2v) is 5.73. The molecular weight excluding hydrogens is 200 g/mol. The summed E-state index contributed by atoms with van der Waals surface area (Å²) in [6.07, 6.45) is 5.47. The van der Waals surface area contributed by atoms with Crippen molar-refractivity contribution in [3.63, 3.8) is 0 Å². The fourth-order valence-corrected chi connectivity index (χ4v) is 3.17. The van der Waals surface area contributed by atoms with Crippen molar-refractivity contribution in [3.8, 4) is 0 Å². The predicted molar refractivity (Wildman–Crippen MR) is 64.8 cm³/mol. The number of amides is 1. The van der Waals surface area contributed by atoms with Crippen LogP contribution >= 0.6 is 0 Å². The normalized spacial score (nSPS) is 43.6. The second kappa shape index (κ2) is 4.74. The molecule has 0 spiro atoms. The largest absolute Gasteiger partial charge is 0.353 e. The Labute approximate surface area is 98.2 Å². The molecule has 5 unspecified atom stereocenters. The maximum Gasteiger partial charge on any atom is 0.224 e.